The topological polar surface area (TPSA) is 74.3 Å². The average Bonchev–Trinajstić information content (AvgIpc) is 2.98. The number of amides is 1. The number of hydrogen-bond acceptors (Lipinski definition) is 6. The van der Waals surface area contributed by atoms with Crippen LogP contribution in [0.15, 0.2) is 42.5 Å². The number of hydrogen-bond donors (Lipinski definition) is 2. The number of morpholine rings is 1. The molecule has 0 saturated carbocycles. The maximum Gasteiger partial charge on any atom is 0.416 e. The van der Waals surface area contributed by atoms with Crippen LogP contribution in [-0.4, -0.2) is 81.6 Å². The predicted molar refractivity (Wildman–Crippen MR) is 129 cm³/mol. The molecule has 0 aliphatic carbocycles. The van der Waals surface area contributed by atoms with Gasteiger partial charge in [-0.2, -0.15) is 13.2 Å². The first-order valence-electron chi connectivity index (χ1n) is 12.1. The molecule has 2 aromatic rings. The number of nitrogens with zero attached hydrogens (tertiary/aromatic N) is 2. The Morgan fingerprint density at radius 3 is 2.44 bits per heavy atom. The van der Waals surface area contributed by atoms with Gasteiger partial charge in [-0.1, -0.05) is 18.2 Å². The SMILES string of the molecule is COc1ccc([C@@H]2Cc3c(cccc3C(F)(F)F)N(CCNCCN3CCOCC3)C(=O)[C@@H]2O)cc1. The molecular weight excluding hydrogens is 475 g/mol. The van der Waals surface area contributed by atoms with Gasteiger partial charge in [-0.25, -0.2) is 0 Å². The van der Waals surface area contributed by atoms with Crippen LogP contribution in [0.5, 0.6) is 5.75 Å². The number of aliphatic hydroxyl groups excluding tert-OH is 1. The van der Waals surface area contributed by atoms with Crippen LogP contribution in [0.25, 0.3) is 0 Å². The Hall–Kier alpha value is -2.66. The third kappa shape index (κ3) is 6.00. The van der Waals surface area contributed by atoms with Crippen molar-refractivity contribution in [2.24, 2.45) is 0 Å². The van der Waals surface area contributed by atoms with Crippen LogP contribution in [0.3, 0.4) is 0 Å². The van der Waals surface area contributed by atoms with Crippen molar-refractivity contribution in [2.75, 3.05) is 64.5 Å². The van der Waals surface area contributed by atoms with E-state index < -0.39 is 29.7 Å². The molecule has 2 aliphatic heterocycles. The van der Waals surface area contributed by atoms with Gasteiger partial charge in [0.2, 0.25) is 0 Å². The second-order valence-corrected chi connectivity index (χ2v) is 9.02. The van der Waals surface area contributed by atoms with E-state index >= 15 is 0 Å². The Kier molecular flexibility index (Phi) is 8.50. The minimum absolute atomic E-state index is 0.0176. The van der Waals surface area contributed by atoms with Gasteiger partial charge in [0.05, 0.1) is 25.9 Å². The molecule has 196 valence electrons. The molecule has 2 aromatic carbocycles. The van der Waals surface area contributed by atoms with Gasteiger partial charge in [-0.3, -0.25) is 9.69 Å². The molecule has 36 heavy (non-hydrogen) atoms. The Morgan fingerprint density at radius 2 is 1.78 bits per heavy atom. The maximum absolute atomic E-state index is 14.0. The first kappa shape index (κ1) is 26.4. The van der Waals surface area contributed by atoms with Gasteiger partial charge in [0, 0.05) is 50.9 Å². The van der Waals surface area contributed by atoms with E-state index in [1.807, 2.05) is 0 Å². The lowest BCUT2D eigenvalue weighted by Crippen LogP contribution is -2.45. The molecular formula is C26H32F3N3O4. The molecule has 2 aliphatic rings. The van der Waals surface area contributed by atoms with E-state index in [0.29, 0.717) is 37.6 Å². The van der Waals surface area contributed by atoms with Crippen molar-refractivity contribution in [1.82, 2.24) is 10.2 Å². The number of halogens is 3. The summed E-state index contributed by atoms with van der Waals surface area (Å²) in [6, 6.07) is 10.6. The van der Waals surface area contributed by atoms with Crippen LogP contribution in [0.4, 0.5) is 18.9 Å². The zero-order valence-electron chi connectivity index (χ0n) is 20.3. The molecule has 0 radical (unpaired) electrons. The standard InChI is InChI=1S/C26H32F3N3O4/c1-35-19-7-5-18(6-8-19)20-17-21-22(26(27,28)29)3-2-4-23(21)32(25(34)24(20)33)12-10-30-9-11-31-13-15-36-16-14-31/h2-8,20,24,30,33H,9-17H2,1H3/t20-,24+/m0/s1. The molecule has 7 nitrogen and oxygen atoms in total. The Labute approximate surface area is 208 Å². The number of aliphatic hydroxyl groups is 1. The molecule has 0 bridgehead atoms. The van der Waals surface area contributed by atoms with Gasteiger partial charge in [0.15, 0.2) is 0 Å². The van der Waals surface area contributed by atoms with Crippen LogP contribution in [0.1, 0.15) is 22.6 Å². The fraction of sp³-hybridized carbons (Fsp3) is 0.500. The molecule has 0 spiro atoms. The quantitative estimate of drug-likeness (QED) is 0.536. The fourth-order valence-corrected chi connectivity index (χ4v) is 4.85. The number of carbonyl (C=O) groups is 1. The monoisotopic (exact) mass is 507 g/mol. The first-order valence-corrected chi connectivity index (χ1v) is 12.1. The molecule has 4 rings (SSSR count). The largest absolute Gasteiger partial charge is 0.497 e. The van der Waals surface area contributed by atoms with Gasteiger partial charge >= 0.3 is 6.18 Å². The molecule has 10 heteroatoms. The van der Waals surface area contributed by atoms with E-state index in [4.69, 9.17) is 9.47 Å². The number of anilines is 1. The van der Waals surface area contributed by atoms with E-state index in [2.05, 4.69) is 10.2 Å². The molecule has 2 N–H and O–H groups in total. The van der Waals surface area contributed by atoms with Crippen molar-refractivity contribution in [3.63, 3.8) is 0 Å². The lowest BCUT2D eigenvalue weighted by atomic mass is 9.86. The predicted octanol–water partition coefficient (Wildman–Crippen LogP) is 2.67. The van der Waals surface area contributed by atoms with Gasteiger partial charge in [-0.05, 0) is 41.8 Å². The smallest absolute Gasteiger partial charge is 0.416 e. The summed E-state index contributed by atoms with van der Waals surface area (Å²) in [5.74, 6) is -0.858. The molecule has 0 aromatic heterocycles. The molecule has 2 atom stereocenters. The van der Waals surface area contributed by atoms with Crippen molar-refractivity contribution in [2.45, 2.75) is 24.6 Å². The highest BCUT2D eigenvalue weighted by Gasteiger charge is 2.41. The summed E-state index contributed by atoms with van der Waals surface area (Å²) in [4.78, 5) is 17.0. The van der Waals surface area contributed by atoms with Gasteiger partial charge < -0.3 is 24.8 Å². The first-order chi connectivity index (χ1) is 17.3. The van der Waals surface area contributed by atoms with Crippen molar-refractivity contribution in [3.05, 3.63) is 59.2 Å². The van der Waals surface area contributed by atoms with E-state index in [0.717, 1.165) is 25.7 Å². The Bertz CT molecular complexity index is 1030. The van der Waals surface area contributed by atoms with Crippen LogP contribution in [0, 0.1) is 0 Å². The van der Waals surface area contributed by atoms with Crippen molar-refractivity contribution >= 4 is 11.6 Å². The van der Waals surface area contributed by atoms with Crippen molar-refractivity contribution < 1.29 is 32.5 Å². The second kappa shape index (κ2) is 11.6. The summed E-state index contributed by atoms with van der Waals surface area (Å²) in [6.45, 7) is 5.14. The fourth-order valence-electron chi connectivity index (χ4n) is 4.85. The van der Waals surface area contributed by atoms with E-state index in [1.165, 1.54) is 24.1 Å². The summed E-state index contributed by atoms with van der Waals surface area (Å²) < 4.78 is 52.4. The Morgan fingerprint density at radius 1 is 1.08 bits per heavy atom. The highest BCUT2D eigenvalue weighted by molar-refractivity contribution is 5.99. The zero-order valence-corrected chi connectivity index (χ0v) is 20.3. The minimum Gasteiger partial charge on any atom is -0.497 e. The van der Waals surface area contributed by atoms with E-state index in [1.54, 1.807) is 24.3 Å². The van der Waals surface area contributed by atoms with Crippen molar-refractivity contribution in [3.8, 4) is 5.75 Å². The highest BCUT2D eigenvalue weighted by atomic mass is 19.4. The summed E-state index contributed by atoms with van der Waals surface area (Å²) in [7, 11) is 1.51. The second-order valence-electron chi connectivity index (χ2n) is 9.02. The summed E-state index contributed by atoms with van der Waals surface area (Å²) in [5, 5.41) is 14.3. The van der Waals surface area contributed by atoms with Gasteiger partial charge in [-0.15, -0.1) is 0 Å². The molecule has 1 fully saturated rings. The number of rotatable bonds is 8. The molecule has 1 saturated heterocycles. The highest BCUT2D eigenvalue weighted by Crippen LogP contribution is 2.42. The molecule has 0 unspecified atom stereocenters. The lowest BCUT2D eigenvalue weighted by Gasteiger charge is -2.28. The number of carbonyl (C=O) groups excluding carboxylic acids is 1. The third-order valence-electron chi connectivity index (χ3n) is 6.84. The average molecular weight is 508 g/mol. The number of benzene rings is 2. The van der Waals surface area contributed by atoms with Crippen LogP contribution >= 0.6 is 0 Å². The van der Waals surface area contributed by atoms with Crippen LogP contribution in [-0.2, 0) is 22.1 Å². The summed E-state index contributed by atoms with van der Waals surface area (Å²) in [5.41, 5.74) is -0.000322. The van der Waals surface area contributed by atoms with Gasteiger partial charge in [0.25, 0.3) is 5.91 Å². The van der Waals surface area contributed by atoms with Gasteiger partial charge in [0.1, 0.15) is 11.9 Å². The summed E-state index contributed by atoms with van der Waals surface area (Å²) in [6.07, 6.45) is -6.19. The van der Waals surface area contributed by atoms with Crippen LogP contribution in [0.2, 0.25) is 0 Å². The molecule has 2 heterocycles. The van der Waals surface area contributed by atoms with E-state index in [9.17, 15) is 23.1 Å². The minimum atomic E-state index is -4.59. The van der Waals surface area contributed by atoms with Crippen molar-refractivity contribution in [1.29, 1.82) is 0 Å². The normalized spacial score (nSPS) is 21.2. The Balaban J connectivity index is 1.56. The lowest BCUT2D eigenvalue weighted by molar-refractivity contribution is -0.138. The van der Waals surface area contributed by atoms with Crippen LogP contribution < -0.4 is 15.0 Å². The maximum atomic E-state index is 14.0. The molecule has 1 amide bonds. The number of nitrogens with one attached hydrogen (secondary N) is 1. The van der Waals surface area contributed by atoms with E-state index in [-0.39, 0.29) is 24.2 Å². The number of alkyl halides is 3. The number of fused-ring (bicyclic) bond motifs is 1. The number of ether oxygens (including phenoxy) is 2. The zero-order chi connectivity index (χ0) is 25.7. The third-order valence-corrected chi connectivity index (χ3v) is 6.84. The summed E-state index contributed by atoms with van der Waals surface area (Å²) >= 11 is 0. The number of methoxy groups -OCH3 is 1.